The topological polar surface area (TPSA) is 66.4 Å². The maximum absolute atomic E-state index is 10.9. The van der Waals surface area contributed by atoms with E-state index >= 15 is 0 Å². The van der Waals surface area contributed by atoms with Crippen molar-refractivity contribution >= 4 is 11.9 Å². The number of nitrogens with zero attached hydrogens (tertiary/aromatic N) is 1. The number of carboxylic acid groups (broad SMARTS) is 1. The fraction of sp³-hybridized carbons (Fsp3) is 0.778. The number of hydrogen-bond donors (Lipinski definition) is 0. The van der Waals surface area contributed by atoms with Crippen molar-refractivity contribution in [3.05, 3.63) is 0 Å². The lowest BCUT2D eigenvalue weighted by Crippen LogP contribution is -2.60. The first kappa shape index (κ1) is 12.9. The molecule has 2 atom stereocenters. The zero-order valence-corrected chi connectivity index (χ0v) is 9.23. The minimum absolute atomic E-state index is 0.150. The van der Waals surface area contributed by atoms with E-state index in [0.29, 0.717) is 0 Å². The van der Waals surface area contributed by atoms with Gasteiger partial charge in [0.25, 0.3) is 0 Å². The lowest BCUT2D eigenvalue weighted by Gasteiger charge is -2.37. The van der Waals surface area contributed by atoms with E-state index in [1.165, 1.54) is 6.92 Å². The van der Waals surface area contributed by atoms with Gasteiger partial charge in [-0.25, -0.2) is 0 Å². The van der Waals surface area contributed by atoms with Crippen LogP contribution in [-0.2, 0) is 14.3 Å². The van der Waals surface area contributed by atoms with Gasteiger partial charge in [0.2, 0.25) is 0 Å². The molecule has 0 aromatic rings. The summed E-state index contributed by atoms with van der Waals surface area (Å²) >= 11 is 0. The van der Waals surface area contributed by atoms with Gasteiger partial charge in [0.1, 0.15) is 5.97 Å². The van der Waals surface area contributed by atoms with Crippen molar-refractivity contribution in [3.8, 4) is 0 Å². The highest BCUT2D eigenvalue weighted by atomic mass is 16.5. The van der Waals surface area contributed by atoms with E-state index in [-0.39, 0.29) is 4.48 Å². The van der Waals surface area contributed by atoms with Gasteiger partial charge < -0.3 is 19.1 Å². The van der Waals surface area contributed by atoms with Gasteiger partial charge in [-0.3, -0.25) is 4.79 Å². The predicted molar refractivity (Wildman–Crippen MR) is 48.1 cm³/mol. The molecule has 0 heterocycles. The van der Waals surface area contributed by atoms with Crippen LogP contribution in [0.1, 0.15) is 13.8 Å². The van der Waals surface area contributed by atoms with Crippen LogP contribution in [0.5, 0.6) is 0 Å². The second kappa shape index (κ2) is 4.41. The van der Waals surface area contributed by atoms with Crippen molar-refractivity contribution in [1.29, 1.82) is 0 Å². The molecular weight excluding hydrogens is 186 g/mol. The number of ether oxygens (including phenoxy) is 1. The number of quaternary nitrogens is 1. The van der Waals surface area contributed by atoms with Crippen molar-refractivity contribution in [2.75, 3.05) is 21.1 Å². The molecule has 0 saturated heterocycles. The van der Waals surface area contributed by atoms with Crippen molar-refractivity contribution in [2.45, 2.75) is 26.0 Å². The van der Waals surface area contributed by atoms with Gasteiger partial charge in [-0.2, -0.15) is 0 Å². The Morgan fingerprint density at radius 3 is 1.93 bits per heavy atom. The van der Waals surface area contributed by atoms with E-state index in [2.05, 4.69) is 0 Å². The summed E-state index contributed by atoms with van der Waals surface area (Å²) < 4.78 is 4.97. The number of aliphatic carboxylic acids is 1. The Balaban J connectivity index is 4.67. The molecule has 0 aliphatic rings. The lowest BCUT2D eigenvalue weighted by atomic mass is 10.1. The van der Waals surface area contributed by atoms with Crippen LogP contribution >= 0.6 is 0 Å². The maximum Gasteiger partial charge on any atom is 0.303 e. The molecule has 0 saturated carbocycles. The molecule has 0 bridgehead atoms. The van der Waals surface area contributed by atoms with E-state index in [9.17, 15) is 14.7 Å². The van der Waals surface area contributed by atoms with Crippen LogP contribution in [0, 0.1) is 0 Å². The molecule has 5 heteroatoms. The molecule has 0 amide bonds. The minimum Gasteiger partial charge on any atom is -0.544 e. The van der Waals surface area contributed by atoms with Crippen molar-refractivity contribution < 1.29 is 23.9 Å². The number of carbonyl (C=O) groups excluding carboxylic acids is 2. The van der Waals surface area contributed by atoms with Gasteiger partial charge in [0, 0.05) is 6.92 Å². The Hall–Kier alpha value is -1.10. The molecule has 0 aromatic carbocycles. The molecule has 82 valence electrons. The van der Waals surface area contributed by atoms with Crippen LogP contribution < -0.4 is 5.11 Å². The number of likely N-dealkylation sites (N-methyl/N-ethyl adjacent to an activating group) is 1. The molecule has 14 heavy (non-hydrogen) atoms. The summed E-state index contributed by atoms with van der Waals surface area (Å²) in [4.78, 5) is 21.5. The Morgan fingerprint density at radius 1 is 1.29 bits per heavy atom. The number of esters is 1. The molecular formula is C9H17NO4. The second-order valence-electron chi connectivity index (χ2n) is 4.19. The summed E-state index contributed by atoms with van der Waals surface area (Å²) in [5, 5.41) is 10.9. The summed E-state index contributed by atoms with van der Waals surface area (Å²) in [6.45, 7) is 2.80. The molecule has 5 nitrogen and oxygen atoms in total. The highest BCUT2D eigenvalue weighted by Gasteiger charge is 2.33. The van der Waals surface area contributed by atoms with Gasteiger partial charge in [0.15, 0.2) is 12.1 Å². The molecule has 0 aromatic heterocycles. The van der Waals surface area contributed by atoms with Crippen LogP contribution in [0.25, 0.3) is 0 Å². The molecule has 0 aliphatic heterocycles. The van der Waals surface area contributed by atoms with Crippen molar-refractivity contribution in [2.24, 2.45) is 0 Å². The van der Waals surface area contributed by atoms with Crippen LogP contribution in [0.2, 0.25) is 0 Å². The molecule has 2 unspecified atom stereocenters. The first-order valence-corrected chi connectivity index (χ1v) is 4.35. The van der Waals surface area contributed by atoms with E-state index in [4.69, 9.17) is 4.74 Å². The lowest BCUT2D eigenvalue weighted by molar-refractivity contribution is -0.892. The largest absolute Gasteiger partial charge is 0.544 e. The standard InChI is InChI=1S/C9H17NO4/c1-6(14-7(2)11)8(9(12)13)10(3,4)5/h6,8H,1-5H3. The van der Waals surface area contributed by atoms with Crippen LogP contribution in [0.3, 0.4) is 0 Å². The number of hydrogen-bond acceptors (Lipinski definition) is 4. The summed E-state index contributed by atoms with van der Waals surface area (Å²) in [6.07, 6.45) is -0.697. The highest BCUT2D eigenvalue weighted by Crippen LogP contribution is 2.10. The Morgan fingerprint density at radius 2 is 1.71 bits per heavy atom. The molecule has 0 N–H and O–H groups in total. The van der Waals surface area contributed by atoms with E-state index in [0.717, 1.165) is 0 Å². The van der Waals surface area contributed by atoms with Crippen LogP contribution in [-0.4, -0.2) is 49.7 Å². The van der Waals surface area contributed by atoms with Gasteiger partial charge >= 0.3 is 5.97 Å². The van der Waals surface area contributed by atoms with Crippen molar-refractivity contribution in [1.82, 2.24) is 0 Å². The monoisotopic (exact) mass is 203 g/mol. The first-order chi connectivity index (χ1) is 6.16. The SMILES string of the molecule is CC(=O)OC(C)C(C(=O)[O-])[N+](C)(C)C. The van der Waals surface area contributed by atoms with Crippen molar-refractivity contribution in [3.63, 3.8) is 0 Å². The Labute approximate surface area is 83.9 Å². The average Bonchev–Trinajstić information content (AvgIpc) is 1.78. The maximum atomic E-state index is 10.9. The number of rotatable bonds is 4. The molecule has 0 fully saturated rings. The third-order valence-corrected chi connectivity index (χ3v) is 1.87. The van der Waals surface area contributed by atoms with E-state index in [1.807, 2.05) is 0 Å². The molecule has 0 rings (SSSR count). The van der Waals surface area contributed by atoms with Gasteiger partial charge in [-0.05, 0) is 6.92 Å². The fourth-order valence-electron chi connectivity index (χ4n) is 1.46. The van der Waals surface area contributed by atoms with E-state index in [1.54, 1.807) is 28.1 Å². The van der Waals surface area contributed by atoms with Gasteiger partial charge in [0.05, 0.1) is 21.1 Å². The molecule has 0 spiro atoms. The highest BCUT2D eigenvalue weighted by molar-refractivity contribution is 5.72. The predicted octanol–water partition coefficient (Wildman–Crippen LogP) is -1.24. The third kappa shape index (κ3) is 3.74. The van der Waals surface area contributed by atoms with Crippen LogP contribution in [0.4, 0.5) is 0 Å². The summed E-state index contributed by atoms with van der Waals surface area (Å²) in [5.41, 5.74) is 0. The number of carbonyl (C=O) groups is 2. The first-order valence-electron chi connectivity index (χ1n) is 4.35. The Kier molecular flexibility index (Phi) is 4.07. The minimum atomic E-state index is -1.22. The summed E-state index contributed by atoms with van der Waals surface area (Å²) in [5.74, 6) is -1.71. The quantitative estimate of drug-likeness (QED) is 0.423. The zero-order chi connectivity index (χ0) is 11.5. The molecule has 0 radical (unpaired) electrons. The number of carboxylic acids is 1. The summed E-state index contributed by atoms with van der Waals surface area (Å²) in [7, 11) is 5.13. The Bertz CT molecular complexity index is 231. The fourth-order valence-corrected chi connectivity index (χ4v) is 1.46. The van der Waals surface area contributed by atoms with E-state index < -0.39 is 24.1 Å². The second-order valence-corrected chi connectivity index (χ2v) is 4.19. The average molecular weight is 203 g/mol. The van der Waals surface area contributed by atoms with Crippen LogP contribution in [0.15, 0.2) is 0 Å². The summed E-state index contributed by atoms with van der Waals surface area (Å²) in [6, 6.07) is -0.862. The van der Waals surface area contributed by atoms with Gasteiger partial charge in [-0.1, -0.05) is 0 Å². The zero-order valence-electron chi connectivity index (χ0n) is 9.23. The molecule has 0 aliphatic carbocycles. The third-order valence-electron chi connectivity index (χ3n) is 1.87. The smallest absolute Gasteiger partial charge is 0.303 e. The normalized spacial score (nSPS) is 15.8. The van der Waals surface area contributed by atoms with Gasteiger partial charge in [-0.15, -0.1) is 0 Å².